The molecule has 10 amide bonds. The lowest BCUT2D eigenvalue weighted by Crippen LogP contribution is -2.63. The van der Waals surface area contributed by atoms with Crippen LogP contribution in [0.25, 0.3) is 21.8 Å². The van der Waals surface area contributed by atoms with Gasteiger partial charge in [0.25, 0.3) is 0 Å². The lowest BCUT2D eigenvalue weighted by molar-refractivity contribution is -0.147. The number of methoxy groups -OCH3 is 1. The number of primary amides is 1. The van der Waals surface area contributed by atoms with E-state index in [9.17, 15) is 43.1 Å². The Labute approximate surface area is 604 Å². The number of thioether (sulfide) groups is 2. The van der Waals surface area contributed by atoms with Crippen LogP contribution in [-0.4, -0.2) is 181 Å². The van der Waals surface area contributed by atoms with Crippen molar-refractivity contribution in [2.24, 2.45) is 11.5 Å². The highest BCUT2D eigenvalue weighted by Crippen LogP contribution is 2.32. The van der Waals surface area contributed by atoms with Gasteiger partial charge in [-0.3, -0.25) is 52.7 Å². The number of carboxylic acids is 1. The molecule has 16 N–H and O–H groups in total. The van der Waals surface area contributed by atoms with Gasteiger partial charge in [-0.15, -0.1) is 0 Å². The molecule has 0 spiro atoms. The average Bonchev–Trinajstić information content (AvgIpc) is 1.58. The monoisotopic (exact) mass is 1480 g/mol. The van der Waals surface area contributed by atoms with Crippen molar-refractivity contribution in [3.63, 3.8) is 0 Å². The molecular weight excluding hydrogens is 1390 g/mol. The van der Waals surface area contributed by atoms with Crippen LogP contribution in [-0.2, 0) is 89.9 Å². The Balaban J connectivity index is 1.07. The van der Waals surface area contributed by atoms with Gasteiger partial charge in [0.05, 0.1) is 19.9 Å². The van der Waals surface area contributed by atoms with E-state index in [0.29, 0.717) is 63.7 Å². The maximum Gasteiger partial charge on any atom is 0.305 e. The summed E-state index contributed by atoms with van der Waals surface area (Å²) in [5.74, 6) is -11.6. The number of nitrogens with two attached hydrogens (primary N) is 2. The predicted molar refractivity (Wildman–Crippen MR) is 381 cm³/mol. The molecule has 104 heavy (non-hydrogen) atoms. The van der Waals surface area contributed by atoms with Crippen LogP contribution in [0.2, 0.25) is 0 Å². The van der Waals surface area contributed by atoms with Crippen molar-refractivity contribution in [3.8, 4) is 5.75 Å². The SMILES string of the molecule is COc1ccc(C[C@@H]2NC(=O)[C@H](Cc3cnc[nH]3)NC(=O)[C@H](CC(=O)O)NC(=O)[C@H](Cc3c[nH]c4ccc(F)cc34)NC(=O)[C@H](Cc3c[nH]c4ccc(F)cc34)NC(=O)[C@@H](C)NC(=O)[C@H](CCCCN)NC(=O)CCSCc3cc(F)cc(c3)CSC[C@@H](C(N)=O)NC(=O)[C@]3(C)CCCN3C2=O)cc1. The molecule has 0 aliphatic carbocycles. The fourth-order valence-electron chi connectivity index (χ4n) is 12.5. The molecule has 0 unspecified atom stereocenters. The first-order chi connectivity index (χ1) is 49.8. The number of amides is 10. The molecule has 28 nitrogen and oxygen atoms in total. The molecule has 3 aromatic heterocycles. The van der Waals surface area contributed by atoms with Crippen molar-refractivity contribution in [2.75, 3.05) is 31.7 Å². The molecule has 9 rings (SSSR count). The first kappa shape index (κ1) is 77.7. The van der Waals surface area contributed by atoms with Crippen molar-refractivity contribution in [1.29, 1.82) is 0 Å². The summed E-state index contributed by atoms with van der Waals surface area (Å²) in [6.45, 7) is 3.08. The normalized spacial score (nSPS) is 23.1. The molecule has 0 radical (unpaired) electrons. The maximum atomic E-state index is 15.3. The molecule has 7 aromatic rings. The number of nitrogens with one attached hydrogen (secondary N) is 11. The topological polar surface area (TPSA) is 429 Å². The molecule has 554 valence electrons. The van der Waals surface area contributed by atoms with Gasteiger partial charge in [0.15, 0.2) is 0 Å². The quantitative estimate of drug-likeness (QED) is 0.0618. The van der Waals surface area contributed by atoms with E-state index in [4.69, 9.17) is 16.2 Å². The number of aliphatic carboxylic acids is 1. The second kappa shape index (κ2) is 36.1. The summed E-state index contributed by atoms with van der Waals surface area (Å²) in [7, 11) is 1.45. The van der Waals surface area contributed by atoms with E-state index >= 15 is 28.0 Å². The third kappa shape index (κ3) is 20.9. The number of ether oxygens (including phenoxy) is 1. The van der Waals surface area contributed by atoms with Crippen LogP contribution in [0.1, 0.15) is 92.3 Å². The Hall–Kier alpha value is -10.4. The van der Waals surface area contributed by atoms with Crippen LogP contribution in [0.4, 0.5) is 13.2 Å². The van der Waals surface area contributed by atoms with Crippen LogP contribution < -0.4 is 58.7 Å². The molecule has 33 heteroatoms. The number of carbonyl (C=O) groups is 11. The minimum Gasteiger partial charge on any atom is -0.497 e. The van der Waals surface area contributed by atoms with Crippen LogP contribution in [0.3, 0.4) is 0 Å². The van der Waals surface area contributed by atoms with Gasteiger partial charge in [-0.05, 0) is 141 Å². The standard InChI is InChI=1S/C71H84F3N15O13S2/c1-38-63(94)83-54(25-42-31-78-51-14-10-44(72)27-49(42)51)65(96)84-55(26-43-32-79-52-15-11-45(73)28-50(43)52)66(97)86-57(30-61(91)92)68(99)85-56(29-47-33-77-37-80-47)67(98)87-58(24-39-8-12-48(102-3)13-9-39)69(100)89-19-6-17-71(89,2)70(101)88-59(62(76)93)36-104-35-41-21-40(22-46(74)23-41)34-103-20-16-60(90)82-53(64(95)81-38)7-4-5-18-75/h8-15,21-23,27-28,31-33,37-38,53-59,78-79H,4-7,16-20,24-26,29-30,34-36,75H2,1-3H3,(H2,76,93)(H,77,80)(H,81,95)(H,82,90)(H,83,94)(H,84,96)(H,85,99)(H,86,97)(H,87,98)(H,88,101)(H,91,92)/t38-,53+,54+,55+,56+,57+,58+,59+,71+/m1/s1. The minimum atomic E-state index is -2.06. The number of aromatic amines is 3. The smallest absolute Gasteiger partial charge is 0.305 e. The zero-order valence-electron chi connectivity index (χ0n) is 57.3. The second-order valence-electron chi connectivity index (χ2n) is 25.9. The number of imidazole rings is 1. The van der Waals surface area contributed by atoms with Crippen LogP contribution in [0.15, 0.2) is 104 Å². The molecular formula is C71H84F3N15O13S2. The van der Waals surface area contributed by atoms with Crippen molar-refractivity contribution in [2.45, 2.75) is 150 Å². The van der Waals surface area contributed by atoms with E-state index in [1.54, 1.807) is 30.3 Å². The Bertz CT molecular complexity index is 4280. The number of rotatable bonds is 16. The zero-order valence-corrected chi connectivity index (χ0v) is 58.9. The molecule has 4 aromatic carbocycles. The Morgan fingerprint density at radius 3 is 1.79 bits per heavy atom. The number of H-pyrrole nitrogens is 3. The summed E-state index contributed by atoms with van der Waals surface area (Å²) >= 11 is 2.49. The number of benzene rings is 4. The first-order valence-electron chi connectivity index (χ1n) is 33.8. The number of carboxylic acid groups (broad SMARTS) is 1. The zero-order chi connectivity index (χ0) is 74.8. The van der Waals surface area contributed by atoms with Crippen molar-refractivity contribution >= 4 is 110 Å². The number of hydrogen-bond donors (Lipinski definition) is 14. The Kier molecular flexibility index (Phi) is 27.0. The van der Waals surface area contributed by atoms with Crippen LogP contribution >= 0.6 is 23.5 Å². The van der Waals surface area contributed by atoms with E-state index in [0.717, 1.165) is 6.07 Å². The lowest BCUT2D eigenvalue weighted by atomic mass is 9.95. The van der Waals surface area contributed by atoms with E-state index in [1.807, 2.05) is 0 Å². The highest BCUT2D eigenvalue weighted by Gasteiger charge is 2.49. The fraction of sp³-hybridized carbons (Fsp3) is 0.408. The number of hydrogen-bond acceptors (Lipinski definition) is 16. The molecule has 1 saturated heterocycles. The summed E-state index contributed by atoms with van der Waals surface area (Å²) in [4.78, 5) is 173. The van der Waals surface area contributed by atoms with Gasteiger partial charge in [-0.1, -0.05) is 18.2 Å². The van der Waals surface area contributed by atoms with E-state index in [-0.39, 0.29) is 84.8 Å². The van der Waals surface area contributed by atoms with Gasteiger partial charge >= 0.3 is 5.97 Å². The van der Waals surface area contributed by atoms with E-state index in [1.165, 1.54) is 117 Å². The van der Waals surface area contributed by atoms with Crippen LogP contribution in [0.5, 0.6) is 5.75 Å². The number of carbonyl (C=O) groups excluding carboxylic acids is 10. The minimum absolute atomic E-state index is 0.000967. The summed E-state index contributed by atoms with van der Waals surface area (Å²) in [6.07, 6.45) is 4.16. The second-order valence-corrected chi connectivity index (χ2v) is 28.0. The molecule has 0 saturated carbocycles. The van der Waals surface area contributed by atoms with Gasteiger partial charge in [0.2, 0.25) is 59.1 Å². The number of fused-ring (bicyclic) bond motifs is 5. The third-order valence-corrected chi connectivity index (χ3v) is 20.3. The Morgan fingerprint density at radius 2 is 1.21 bits per heavy atom. The van der Waals surface area contributed by atoms with E-state index < -0.39 is 156 Å². The summed E-state index contributed by atoms with van der Waals surface area (Å²) in [5, 5.41) is 32.0. The Morgan fingerprint density at radius 1 is 0.644 bits per heavy atom. The number of unbranched alkanes of at least 4 members (excludes halogenated alkanes) is 1. The van der Waals surface area contributed by atoms with Crippen molar-refractivity contribution in [1.82, 2.24) is 67.4 Å². The highest BCUT2D eigenvalue weighted by atomic mass is 32.2. The van der Waals surface area contributed by atoms with Gasteiger partial charge in [0, 0.05) is 108 Å². The number of aromatic nitrogens is 4. The lowest BCUT2D eigenvalue weighted by Gasteiger charge is -2.37. The van der Waals surface area contributed by atoms with Gasteiger partial charge in [-0.25, -0.2) is 18.2 Å². The number of halogens is 3. The molecule has 2 aliphatic heterocycles. The maximum absolute atomic E-state index is 15.3. The van der Waals surface area contributed by atoms with Crippen molar-refractivity contribution in [3.05, 3.63) is 155 Å². The van der Waals surface area contributed by atoms with Crippen molar-refractivity contribution < 1.29 is 75.8 Å². The first-order valence-corrected chi connectivity index (χ1v) is 36.1. The predicted octanol–water partition coefficient (Wildman–Crippen LogP) is 3.01. The average molecular weight is 1480 g/mol. The largest absolute Gasteiger partial charge is 0.497 e. The summed E-state index contributed by atoms with van der Waals surface area (Å²) in [6, 6.07) is 5.88. The third-order valence-electron chi connectivity index (χ3n) is 18.1. The molecule has 9 atom stereocenters. The van der Waals surface area contributed by atoms with Gasteiger partial charge in [-0.2, -0.15) is 23.5 Å². The molecule has 5 heterocycles. The van der Waals surface area contributed by atoms with Gasteiger partial charge < -0.3 is 83.7 Å². The van der Waals surface area contributed by atoms with Gasteiger partial charge in [0.1, 0.15) is 77.1 Å². The molecule has 1 fully saturated rings. The molecule has 2 aliphatic rings. The highest BCUT2D eigenvalue weighted by molar-refractivity contribution is 7.98. The fourth-order valence-corrected chi connectivity index (χ4v) is 14.4. The number of nitrogens with zero attached hydrogens (tertiary/aromatic N) is 2. The van der Waals surface area contributed by atoms with Crippen LogP contribution in [0, 0.1) is 17.5 Å². The van der Waals surface area contributed by atoms with E-state index in [2.05, 4.69) is 62.5 Å². The summed E-state index contributed by atoms with van der Waals surface area (Å²) in [5.41, 5.74) is 13.3. The summed E-state index contributed by atoms with van der Waals surface area (Å²) < 4.78 is 50.5. The molecule has 2 bridgehead atoms.